The van der Waals surface area contributed by atoms with Crippen LogP contribution in [0.5, 0.6) is 0 Å². The van der Waals surface area contributed by atoms with Gasteiger partial charge in [-0.2, -0.15) is 0 Å². The van der Waals surface area contributed by atoms with Gasteiger partial charge in [-0.05, 0) is 24.3 Å². The minimum absolute atomic E-state index is 0.572. The molecule has 0 saturated carbocycles. The third-order valence-electron chi connectivity index (χ3n) is 2.79. The van der Waals surface area contributed by atoms with E-state index in [0.717, 1.165) is 26.1 Å². The molecule has 0 aliphatic carbocycles. The highest BCUT2D eigenvalue weighted by atomic mass is 32.2. The van der Waals surface area contributed by atoms with E-state index in [0.29, 0.717) is 6.54 Å². The molecular formula is C16H12N2S. The predicted molar refractivity (Wildman–Crippen MR) is 81.5 cm³/mol. The van der Waals surface area contributed by atoms with E-state index >= 15 is 0 Å². The predicted octanol–water partition coefficient (Wildman–Crippen LogP) is 2.35. The van der Waals surface area contributed by atoms with Gasteiger partial charge in [0, 0.05) is 21.2 Å². The first-order valence-electron chi connectivity index (χ1n) is 5.99. The topological polar surface area (TPSA) is 24.7 Å². The number of benzene rings is 1. The molecule has 0 radical (unpaired) electrons. The lowest BCUT2D eigenvalue weighted by atomic mass is 10.2. The second-order valence-electron chi connectivity index (χ2n) is 4.15. The molecule has 19 heavy (non-hydrogen) atoms. The van der Waals surface area contributed by atoms with Gasteiger partial charge in [-0.3, -0.25) is 9.98 Å². The van der Waals surface area contributed by atoms with Crippen molar-refractivity contribution in [3.63, 3.8) is 0 Å². The molecule has 1 aromatic rings. The van der Waals surface area contributed by atoms with E-state index in [1.165, 1.54) is 0 Å². The Hall–Kier alpha value is -2.09. The lowest BCUT2D eigenvalue weighted by Gasteiger charge is -2.04. The van der Waals surface area contributed by atoms with Crippen molar-refractivity contribution in [2.75, 3.05) is 6.54 Å². The highest BCUT2D eigenvalue weighted by Crippen LogP contribution is 2.30. The van der Waals surface area contributed by atoms with Crippen LogP contribution in [0.4, 0.5) is 0 Å². The minimum Gasteiger partial charge on any atom is -0.278 e. The van der Waals surface area contributed by atoms with Crippen LogP contribution in [-0.4, -0.2) is 12.8 Å². The Bertz CT molecular complexity index is 775. The van der Waals surface area contributed by atoms with Crippen LogP contribution in [-0.2, 0) is 0 Å². The largest absolute Gasteiger partial charge is 0.278 e. The molecule has 3 heteroatoms. The van der Waals surface area contributed by atoms with Gasteiger partial charge in [0.05, 0.1) is 17.6 Å². The molecule has 0 bridgehead atoms. The first-order chi connectivity index (χ1) is 9.33. The summed E-state index contributed by atoms with van der Waals surface area (Å²) in [4.78, 5) is 11.1. The summed E-state index contributed by atoms with van der Waals surface area (Å²) in [5, 5.41) is 2.08. The fraction of sp³-hybridized carbons (Fsp3) is 0.0625. The summed E-state index contributed by atoms with van der Waals surface area (Å²) < 4.78 is 0. The molecule has 0 aromatic heterocycles. The number of fused-ring (bicyclic) bond motifs is 1. The molecule has 92 valence electrons. The highest BCUT2D eigenvalue weighted by molar-refractivity contribution is 8.07. The third-order valence-corrected chi connectivity index (χ3v) is 3.75. The Morgan fingerprint density at radius 3 is 3.11 bits per heavy atom. The Labute approximate surface area is 116 Å². The van der Waals surface area contributed by atoms with Gasteiger partial charge in [0.1, 0.15) is 0 Å². The summed E-state index contributed by atoms with van der Waals surface area (Å²) in [6.07, 6.45) is 7.56. The lowest BCUT2D eigenvalue weighted by molar-refractivity contribution is 1.04. The highest BCUT2D eigenvalue weighted by Gasteiger charge is 2.07. The average Bonchev–Trinajstić information content (AvgIpc) is 2.59. The van der Waals surface area contributed by atoms with Gasteiger partial charge in [0.25, 0.3) is 0 Å². The van der Waals surface area contributed by atoms with Gasteiger partial charge < -0.3 is 0 Å². The zero-order chi connectivity index (χ0) is 13.1. The molecule has 2 nitrogen and oxygen atoms in total. The summed E-state index contributed by atoms with van der Waals surface area (Å²) in [6.45, 7) is 4.67. The Balaban J connectivity index is 2.18. The molecule has 0 amide bonds. The maximum absolute atomic E-state index is 4.65. The van der Waals surface area contributed by atoms with Crippen LogP contribution in [0.15, 0.2) is 74.2 Å². The number of aliphatic imine (C=N–C) groups is 1. The second kappa shape index (κ2) is 5.27. The van der Waals surface area contributed by atoms with E-state index in [-0.39, 0.29) is 0 Å². The van der Waals surface area contributed by atoms with Gasteiger partial charge in [0.2, 0.25) is 0 Å². The lowest BCUT2D eigenvalue weighted by Crippen LogP contribution is -2.24. The Morgan fingerprint density at radius 2 is 2.16 bits per heavy atom. The average molecular weight is 264 g/mol. The zero-order valence-electron chi connectivity index (χ0n) is 10.3. The quantitative estimate of drug-likeness (QED) is 0.660. The van der Waals surface area contributed by atoms with Gasteiger partial charge in [-0.1, -0.05) is 36.5 Å². The van der Waals surface area contributed by atoms with Gasteiger partial charge in [-0.25, -0.2) is 0 Å². The molecule has 0 fully saturated rings. The van der Waals surface area contributed by atoms with E-state index < -0.39 is 0 Å². The van der Waals surface area contributed by atoms with E-state index in [2.05, 4.69) is 34.4 Å². The summed E-state index contributed by atoms with van der Waals surface area (Å²) in [6, 6.07) is 8.08. The van der Waals surface area contributed by atoms with Crippen LogP contribution in [0, 0.1) is 0 Å². The van der Waals surface area contributed by atoms with Crippen molar-refractivity contribution in [3.05, 3.63) is 74.8 Å². The molecule has 0 spiro atoms. The van der Waals surface area contributed by atoms with Crippen LogP contribution in [0.3, 0.4) is 0 Å². The smallest absolute Gasteiger partial charge is 0.0830 e. The van der Waals surface area contributed by atoms with Crippen molar-refractivity contribution >= 4 is 24.1 Å². The number of para-hydroxylation sites is 1. The van der Waals surface area contributed by atoms with Crippen molar-refractivity contribution in [1.82, 2.24) is 0 Å². The molecule has 1 aromatic carbocycles. The normalized spacial score (nSPS) is 19.2. The van der Waals surface area contributed by atoms with Crippen LogP contribution in [0.2, 0.25) is 0 Å². The number of nitrogens with zero attached hydrogens (tertiary/aromatic N) is 2. The first kappa shape index (κ1) is 12.0. The van der Waals surface area contributed by atoms with E-state index in [9.17, 15) is 0 Å². The number of thioether (sulfide) groups is 1. The van der Waals surface area contributed by atoms with Crippen LogP contribution >= 0.6 is 11.8 Å². The van der Waals surface area contributed by atoms with Crippen molar-refractivity contribution in [2.45, 2.75) is 0 Å². The molecule has 0 N–H and O–H groups in total. The SMILES string of the molecule is C=C1/C=c2/ccccc2=NCC2=C(C=C=CC=N2)S1. The summed E-state index contributed by atoms with van der Waals surface area (Å²) in [7, 11) is 0. The minimum atomic E-state index is 0.572. The fourth-order valence-corrected chi connectivity index (χ4v) is 2.74. The number of hydrogen-bond donors (Lipinski definition) is 0. The molecule has 2 aliphatic heterocycles. The molecule has 2 aliphatic rings. The van der Waals surface area contributed by atoms with E-state index in [4.69, 9.17) is 0 Å². The summed E-state index contributed by atoms with van der Waals surface area (Å²) in [5.41, 5.74) is 4.04. The standard InChI is InChI=1S/C16H12N2S/c1-12-10-13-6-2-3-7-14(13)18-11-15-16(19-12)8-4-5-9-17-15/h2-3,5-10H,1,11H2/b13-10-,18-14?. The molecule has 0 unspecified atom stereocenters. The number of rotatable bonds is 0. The fourth-order valence-electron chi connectivity index (χ4n) is 1.91. The Kier molecular flexibility index (Phi) is 3.32. The van der Waals surface area contributed by atoms with Crippen LogP contribution < -0.4 is 10.6 Å². The maximum Gasteiger partial charge on any atom is 0.0830 e. The van der Waals surface area contributed by atoms with Gasteiger partial charge in [-0.15, -0.1) is 5.73 Å². The van der Waals surface area contributed by atoms with Crippen molar-refractivity contribution < 1.29 is 0 Å². The van der Waals surface area contributed by atoms with E-state index in [1.807, 2.05) is 24.3 Å². The van der Waals surface area contributed by atoms with Crippen molar-refractivity contribution in [2.24, 2.45) is 9.98 Å². The van der Waals surface area contributed by atoms with Crippen molar-refractivity contribution in [1.29, 1.82) is 0 Å². The zero-order valence-corrected chi connectivity index (χ0v) is 11.2. The molecule has 2 heterocycles. The monoisotopic (exact) mass is 264 g/mol. The van der Waals surface area contributed by atoms with Crippen molar-refractivity contribution in [3.8, 4) is 0 Å². The molecular weight excluding hydrogens is 252 g/mol. The first-order valence-corrected chi connectivity index (χ1v) is 6.81. The molecule has 0 atom stereocenters. The third kappa shape index (κ3) is 2.68. The number of allylic oxidation sites excluding steroid dienone is 2. The summed E-state index contributed by atoms with van der Waals surface area (Å²) >= 11 is 1.61. The maximum atomic E-state index is 4.65. The summed E-state index contributed by atoms with van der Waals surface area (Å²) in [5.74, 6) is 0. The van der Waals surface area contributed by atoms with Gasteiger partial charge >= 0.3 is 0 Å². The molecule has 3 rings (SSSR count). The molecule has 0 saturated heterocycles. The number of hydrogen-bond acceptors (Lipinski definition) is 3. The van der Waals surface area contributed by atoms with Crippen LogP contribution in [0.1, 0.15) is 0 Å². The second-order valence-corrected chi connectivity index (χ2v) is 5.32. The van der Waals surface area contributed by atoms with Gasteiger partial charge in [0.15, 0.2) is 0 Å². The van der Waals surface area contributed by atoms with Crippen LogP contribution in [0.25, 0.3) is 6.08 Å². The van der Waals surface area contributed by atoms with E-state index in [1.54, 1.807) is 24.1 Å². The Morgan fingerprint density at radius 1 is 1.26 bits per heavy atom.